The van der Waals surface area contributed by atoms with Gasteiger partial charge >= 0.3 is 6.09 Å². The lowest BCUT2D eigenvalue weighted by Crippen LogP contribution is -2.23. The number of rotatable bonds is 5. The molecule has 0 radical (unpaired) electrons. The molecule has 1 aliphatic rings. The molecule has 1 N–H and O–H groups in total. The van der Waals surface area contributed by atoms with Gasteiger partial charge < -0.3 is 15.0 Å². The highest BCUT2D eigenvalue weighted by atomic mass is 32.1. The lowest BCUT2D eigenvalue weighted by molar-refractivity contribution is 0.103. The summed E-state index contributed by atoms with van der Waals surface area (Å²) in [5, 5.41) is 3.80. The van der Waals surface area contributed by atoms with Gasteiger partial charge in [-0.2, -0.15) is 0 Å². The molecule has 1 aromatic heterocycles. The summed E-state index contributed by atoms with van der Waals surface area (Å²) in [4.78, 5) is 30.0. The fourth-order valence-corrected chi connectivity index (χ4v) is 3.01. The van der Waals surface area contributed by atoms with Crippen molar-refractivity contribution in [3.05, 3.63) is 45.9 Å². The van der Waals surface area contributed by atoms with Crippen LogP contribution in [0.2, 0.25) is 0 Å². The van der Waals surface area contributed by atoms with E-state index in [0.29, 0.717) is 30.3 Å². The summed E-state index contributed by atoms with van der Waals surface area (Å²) in [7, 11) is 0. The number of nitrogens with one attached hydrogen (secondary N) is 1. The fraction of sp³-hybridized carbons (Fsp3) is 0.312. The molecule has 0 atom stereocenters. The number of thiazole rings is 1. The standard InChI is InChI=1S/C16H17N3O3S/c1-2-14-17-9-13(23-14)15(20)18-12-5-3-11(4-6-12)10-19-7-8-22-16(19)21/h3-6,9H,2,7-8,10H2,1H3,(H,18,20). The van der Waals surface area contributed by atoms with Gasteiger partial charge in [0.25, 0.3) is 5.91 Å². The smallest absolute Gasteiger partial charge is 0.410 e. The maximum atomic E-state index is 12.1. The molecule has 2 amide bonds. The van der Waals surface area contributed by atoms with Gasteiger partial charge in [0.05, 0.1) is 17.7 Å². The number of aromatic nitrogens is 1. The lowest BCUT2D eigenvalue weighted by Gasteiger charge is -2.12. The zero-order chi connectivity index (χ0) is 16.2. The van der Waals surface area contributed by atoms with E-state index in [1.807, 2.05) is 31.2 Å². The third kappa shape index (κ3) is 3.68. The normalized spacial score (nSPS) is 14.0. The number of ether oxygens (including phenoxy) is 1. The van der Waals surface area contributed by atoms with Gasteiger partial charge in [-0.05, 0) is 24.1 Å². The Balaban J connectivity index is 1.60. The molecule has 1 fully saturated rings. The molecule has 2 heterocycles. The first kappa shape index (κ1) is 15.5. The van der Waals surface area contributed by atoms with Crippen LogP contribution in [0, 0.1) is 0 Å². The molecule has 0 aliphatic carbocycles. The van der Waals surface area contributed by atoms with Crippen LogP contribution in [0.4, 0.5) is 10.5 Å². The molecule has 0 bridgehead atoms. The highest BCUT2D eigenvalue weighted by molar-refractivity contribution is 7.13. The Labute approximate surface area is 138 Å². The third-order valence-electron chi connectivity index (χ3n) is 3.51. The second kappa shape index (κ2) is 6.78. The minimum absolute atomic E-state index is 0.155. The van der Waals surface area contributed by atoms with Crippen molar-refractivity contribution >= 4 is 29.0 Å². The second-order valence-electron chi connectivity index (χ2n) is 5.16. The molecule has 1 aromatic carbocycles. The molecule has 23 heavy (non-hydrogen) atoms. The first-order chi connectivity index (χ1) is 11.2. The molecule has 2 aromatic rings. The van der Waals surface area contributed by atoms with Crippen LogP contribution in [0.25, 0.3) is 0 Å². The van der Waals surface area contributed by atoms with Gasteiger partial charge in [-0.25, -0.2) is 9.78 Å². The Hall–Kier alpha value is -2.41. The van der Waals surface area contributed by atoms with Crippen LogP contribution in [-0.4, -0.2) is 35.0 Å². The van der Waals surface area contributed by atoms with Crippen LogP contribution < -0.4 is 5.32 Å². The van der Waals surface area contributed by atoms with Crippen LogP contribution in [0.5, 0.6) is 0 Å². The predicted molar refractivity (Wildman–Crippen MR) is 87.6 cm³/mol. The average molecular weight is 331 g/mol. The van der Waals surface area contributed by atoms with Crippen LogP contribution in [0.15, 0.2) is 30.5 Å². The summed E-state index contributed by atoms with van der Waals surface area (Å²) >= 11 is 1.40. The number of hydrogen-bond donors (Lipinski definition) is 1. The molecule has 0 spiro atoms. The summed E-state index contributed by atoms with van der Waals surface area (Å²) in [6.07, 6.45) is 2.15. The quantitative estimate of drug-likeness (QED) is 0.914. The fourth-order valence-electron chi connectivity index (χ4n) is 2.25. The van der Waals surface area contributed by atoms with Crippen molar-refractivity contribution in [1.29, 1.82) is 0 Å². The molecule has 1 saturated heterocycles. The number of carbonyl (C=O) groups is 2. The van der Waals surface area contributed by atoms with Crippen molar-refractivity contribution in [1.82, 2.24) is 9.88 Å². The molecule has 0 saturated carbocycles. The van der Waals surface area contributed by atoms with Crippen molar-refractivity contribution in [3.8, 4) is 0 Å². The third-order valence-corrected chi connectivity index (χ3v) is 4.65. The highest BCUT2D eigenvalue weighted by Gasteiger charge is 2.21. The van der Waals surface area contributed by atoms with Crippen molar-refractivity contribution < 1.29 is 14.3 Å². The van der Waals surface area contributed by atoms with Gasteiger partial charge in [-0.1, -0.05) is 19.1 Å². The minimum atomic E-state index is -0.278. The van der Waals surface area contributed by atoms with Crippen molar-refractivity contribution in [3.63, 3.8) is 0 Å². The number of cyclic esters (lactones) is 1. The van der Waals surface area contributed by atoms with E-state index in [1.54, 1.807) is 11.1 Å². The van der Waals surface area contributed by atoms with Gasteiger partial charge in [-0.15, -0.1) is 11.3 Å². The molecule has 1 aliphatic heterocycles. The number of carbonyl (C=O) groups excluding carboxylic acids is 2. The zero-order valence-electron chi connectivity index (χ0n) is 12.7. The molecular formula is C16H17N3O3S. The summed E-state index contributed by atoms with van der Waals surface area (Å²) in [6, 6.07) is 7.45. The van der Waals surface area contributed by atoms with Gasteiger partial charge in [-0.3, -0.25) is 4.79 Å². The molecular weight excluding hydrogens is 314 g/mol. The number of nitrogens with zero attached hydrogens (tertiary/aromatic N) is 2. The van der Waals surface area contributed by atoms with E-state index < -0.39 is 0 Å². The van der Waals surface area contributed by atoms with E-state index in [-0.39, 0.29) is 12.0 Å². The largest absolute Gasteiger partial charge is 0.448 e. The molecule has 7 heteroatoms. The number of aryl methyl sites for hydroxylation is 1. The van der Waals surface area contributed by atoms with Crippen LogP contribution in [0.1, 0.15) is 27.2 Å². The monoisotopic (exact) mass is 331 g/mol. The van der Waals surface area contributed by atoms with Gasteiger partial charge in [0.2, 0.25) is 0 Å². The Morgan fingerprint density at radius 3 is 2.78 bits per heavy atom. The topological polar surface area (TPSA) is 71.5 Å². The van der Waals surface area contributed by atoms with Crippen molar-refractivity contribution in [2.24, 2.45) is 0 Å². The first-order valence-electron chi connectivity index (χ1n) is 7.42. The summed E-state index contributed by atoms with van der Waals surface area (Å²) in [5.74, 6) is -0.155. The SMILES string of the molecule is CCc1ncc(C(=O)Nc2ccc(CN3CCOC3=O)cc2)s1. The number of benzene rings is 1. The second-order valence-corrected chi connectivity index (χ2v) is 6.27. The van der Waals surface area contributed by atoms with Gasteiger partial charge in [0.1, 0.15) is 11.5 Å². The van der Waals surface area contributed by atoms with Crippen molar-refractivity contribution in [2.75, 3.05) is 18.5 Å². The van der Waals surface area contributed by atoms with E-state index in [2.05, 4.69) is 10.3 Å². The highest BCUT2D eigenvalue weighted by Crippen LogP contribution is 2.17. The number of amides is 2. The van der Waals surface area contributed by atoms with E-state index in [0.717, 1.165) is 17.0 Å². The average Bonchev–Trinajstić information content (AvgIpc) is 3.19. The summed E-state index contributed by atoms with van der Waals surface area (Å²) in [6.45, 7) is 3.58. The van der Waals surface area contributed by atoms with E-state index in [1.165, 1.54) is 11.3 Å². The zero-order valence-corrected chi connectivity index (χ0v) is 13.6. The Morgan fingerprint density at radius 2 is 2.17 bits per heavy atom. The van der Waals surface area contributed by atoms with Gasteiger partial charge in [0, 0.05) is 12.2 Å². The van der Waals surface area contributed by atoms with Crippen LogP contribution in [-0.2, 0) is 17.7 Å². The predicted octanol–water partition coefficient (Wildman–Crippen LogP) is 2.91. The van der Waals surface area contributed by atoms with E-state index >= 15 is 0 Å². The molecule has 3 rings (SSSR count). The maximum absolute atomic E-state index is 12.1. The van der Waals surface area contributed by atoms with Crippen LogP contribution in [0.3, 0.4) is 0 Å². The van der Waals surface area contributed by atoms with E-state index in [9.17, 15) is 9.59 Å². The molecule has 120 valence electrons. The van der Waals surface area contributed by atoms with Gasteiger partial charge in [0.15, 0.2) is 0 Å². The summed E-state index contributed by atoms with van der Waals surface area (Å²) < 4.78 is 4.90. The summed E-state index contributed by atoms with van der Waals surface area (Å²) in [5.41, 5.74) is 1.71. The van der Waals surface area contributed by atoms with Crippen molar-refractivity contribution in [2.45, 2.75) is 19.9 Å². The molecule has 0 unspecified atom stereocenters. The first-order valence-corrected chi connectivity index (χ1v) is 8.24. The maximum Gasteiger partial charge on any atom is 0.410 e. The number of anilines is 1. The lowest BCUT2D eigenvalue weighted by atomic mass is 10.2. The minimum Gasteiger partial charge on any atom is -0.448 e. The molecule has 6 nitrogen and oxygen atoms in total. The Kier molecular flexibility index (Phi) is 4.57. The Bertz CT molecular complexity index is 712. The number of hydrogen-bond acceptors (Lipinski definition) is 5. The Morgan fingerprint density at radius 1 is 1.39 bits per heavy atom. The van der Waals surface area contributed by atoms with Crippen LogP contribution >= 0.6 is 11.3 Å². The van der Waals surface area contributed by atoms with E-state index in [4.69, 9.17) is 4.74 Å².